The summed E-state index contributed by atoms with van der Waals surface area (Å²) in [6.45, 7) is 4.26. The van der Waals surface area contributed by atoms with E-state index in [-0.39, 0.29) is 18.1 Å². The quantitative estimate of drug-likeness (QED) is 0.796. The van der Waals surface area contributed by atoms with Gasteiger partial charge in [0.25, 0.3) is 0 Å². The molecule has 3 saturated heterocycles. The number of ether oxygens (including phenoxy) is 1. The molecule has 1 atom stereocenters. The molecule has 1 unspecified atom stereocenters. The van der Waals surface area contributed by atoms with Crippen LogP contribution in [0.1, 0.15) is 19.3 Å². The molecule has 3 fully saturated rings. The van der Waals surface area contributed by atoms with Crippen molar-refractivity contribution in [2.45, 2.75) is 37.5 Å². The fraction of sp³-hybridized carbons (Fsp3) is 0.579. The van der Waals surface area contributed by atoms with Crippen LogP contribution in [0.3, 0.4) is 0 Å². The van der Waals surface area contributed by atoms with Crippen LogP contribution in [0, 0.1) is 0 Å². The van der Waals surface area contributed by atoms with Gasteiger partial charge in [-0.05, 0) is 44.5 Å². The first-order valence-corrected chi connectivity index (χ1v) is 9.86. The molecule has 1 spiro atoms. The number of fused-ring (bicyclic) bond motifs is 1. The first-order valence-electron chi connectivity index (χ1n) is 9.48. The predicted molar refractivity (Wildman–Crippen MR) is 100.0 cm³/mol. The Morgan fingerprint density at radius 3 is 2.81 bits per heavy atom. The fourth-order valence-electron chi connectivity index (χ4n) is 4.63. The number of likely N-dealkylation sites (tertiary alicyclic amines) is 2. The van der Waals surface area contributed by atoms with Gasteiger partial charge in [-0.3, -0.25) is 14.3 Å². The van der Waals surface area contributed by atoms with E-state index in [1.807, 2.05) is 0 Å². The van der Waals surface area contributed by atoms with Gasteiger partial charge in [-0.2, -0.15) is 0 Å². The normalized spacial score (nSPS) is 24.8. The molecule has 2 aromatic rings. The van der Waals surface area contributed by atoms with Crippen LogP contribution < -0.4 is 5.76 Å². The molecule has 1 aromatic heterocycles. The maximum absolute atomic E-state index is 12.7. The summed E-state index contributed by atoms with van der Waals surface area (Å²) in [6.07, 6.45) is 3.53. The van der Waals surface area contributed by atoms with Crippen molar-refractivity contribution in [2.24, 2.45) is 0 Å². The molecular weight excluding hydrogens is 370 g/mol. The molecule has 0 saturated carbocycles. The second-order valence-corrected chi connectivity index (χ2v) is 8.35. The zero-order valence-corrected chi connectivity index (χ0v) is 15.8. The summed E-state index contributed by atoms with van der Waals surface area (Å²) in [4.78, 5) is 29.1. The van der Waals surface area contributed by atoms with Crippen molar-refractivity contribution in [1.29, 1.82) is 0 Å². The molecule has 27 heavy (non-hydrogen) atoms. The van der Waals surface area contributed by atoms with E-state index in [2.05, 4.69) is 4.90 Å². The average molecular weight is 392 g/mol. The third kappa shape index (κ3) is 2.98. The van der Waals surface area contributed by atoms with E-state index in [0.717, 1.165) is 26.1 Å². The van der Waals surface area contributed by atoms with Gasteiger partial charge in [-0.25, -0.2) is 4.79 Å². The van der Waals surface area contributed by atoms with Gasteiger partial charge in [-0.1, -0.05) is 11.6 Å². The second-order valence-electron chi connectivity index (χ2n) is 7.91. The lowest BCUT2D eigenvalue weighted by Crippen LogP contribution is -2.64. The number of aromatic nitrogens is 1. The van der Waals surface area contributed by atoms with E-state index in [1.54, 1.807) is 23.1 Å². The highest BCUT2D eigenvalue weighted by atomic mass is 35.5. The molecule has 144 valence electrons. The summed E-state index contributed by atoms with van der Waals surface area (Å²) < 4.78 is 12.6. The van der Waals surface area contributed by atoms with Gasteiger partial charge in [0.05, 0.1) is 25.2 Å². The lowest BCUT2D eigenvalue weighted by Gasteiger charge is -2.47. The van der Waals surface area contributed by atoms with Crippen molar-refractivity contribution in [3.05, 3.63) is 33.8 Å². The minimum atomic E-state index is -0.540. The van der Waals surface area contributed by atoms with Gasteiger partial charge in [0, 0.05) is 17.1 Å². The number of carbonyl (C=O) groups excluding carboxylic acids is 1. The lowest BCUT2D eigenvalue weighted by molar-refractivity contribution is -0.158. The van der Waals surface area contributed by atoms with Gasteiger partial charge in [0.15, 0.2) is 5.58 Å². The number of hydrogen-bond donors (Lipinski definition) is 0. The Labute approximate surface area is 161 Å². The second kappa shape index (κ2) is 6.36. The molecule has 0 radical (unpaired) electrons. The topological polar surface area (TPSA) is 67.9 Å². The van der Waals surface area contributed by atoms with E-state index in [0.29, 0.717) is 35.3 Å². The molecule has 4 heterocycles. The smallest absolute Gasteiger partial charge is 0.408 e. The maximum Gasteiger partial charge on any atom is 0.420 e. The fourth-order valence-corrected chi connectivity index (χ4v) is 4.79. The zero-order chi connectivity index (χ0) is 18.6. The Balaban J connectivity index is 1.24. The third-order valence-corrected chi connectivity index (χ3v) is 6.32. The Hall–Kier alpha value is -1.83. The van der Waals surface area contributed by atoms with Gasteiger partial charge in [0.2, 0.25) is 5.91 Å². The molecule has 0 N–H and O–H groups in total. The molecule has 8 heteroatoms. The van der Waals surface area contributed by atoms with Gasteiger partial charge in [-0.15, -0.1) is 0 Å². The Kier molecular flexibility index (Phi) is 4.07. The van der Waals surface area contributed by atoms with Crippen molar-refractivity contribution >= 4 is 28.6 Å². The highest BCUT2D eigenvalue weighted by molar-refractivity contribution is 6.31. The van der Waals surface area contributed by atoms with E-state index in [1.165, 1.54) is 17.4 Å². The number of nitrogens with zero attached hydrogens (tertiary/aromatic N) is 3. The number of halogens is 1. The van der Waals surface area contributed by atoms with Crippen LogP contribution in [0.2, 0.25) is 5.02 Å². The number of benzene rings is 1. The zero-order valence-electron chi connectivity index (χ0n) is 15.0. The van der Waals surface area contributed by atoms with Crippen LogP contribution in [0.25, 0.3) is 11.1 Å². The molecule has 0 aliphatic carbocycles. The van der Waals surface area contributed by atoms with E-state index in [9.17, 15) is 9.59 Å². The monoisotopic (exact) mass is 391 g/mol. The summed E-state index contributed by atoms with van der Waals surface area (Å²) in [7, 11) is 0. The summed E-state index contributed by atoms with van der Waals surface area (Å²) in [6, 6.07) is 5.45. The number of amides is 1. The van der Waals surface area contributed by atoms with Crippen LogP contribution in [-0.4, -0.2) is 64.7 Å². The largest absolute Gasteiger partial charge is 0.420 e. The summed E-state index contributed by atoms with van der Waals surface area (Å²) in [5, 5.41) is 0.491. The van der Waals surface area contributed by atoms with E-state index in [4.69, 9.17) is 20.8 Å². The molecule has 1 aromatic carbocycles. The van der Waals surface area contributed by atoms with Crippen molar-refractivity contribution in [3.8, 4) is 0 Å². The van der Waals surface area contributed by atoms with Crippen LogP contribution in [0.4, 0.5) is 0 Å². The number of hydrogen-bond acceptors (Lipinski definition) is 5. The Morgan fingerprint density at radius 1 is 1.26 bits per heavy atom. The number of oxazole rings is 1. The summed E-state index contributed by atoms with van der Waals surface area (Å²) >= 11 is 5.93. The predicted octanol–water partition coefficient (Wildman–Crippen LogP) is 1.71. The third-order valence-electron chi connectivity index (χ3n) is 6.08. The lowest BCUT2D eigenvalue weighted by atomic mass is 9.89. The SMILES string of the molecule is O=C(Cn1c(=O)oc2cc(Cl)ccc21)N1CC2(CC(N3CCCC3)CO2)C1. The molecule has 1 amide bonds. The first kappa shape index (κ1) is 17.3. The van der Waals surface area contributed by atoms with Crippen LogP contribution in [0.15, 0.2) is 27.4 Å². The summed E-state index contributed by atoms with van der Waals surface area (Å²) in [5.41, 5.74) is 0.784. The first-order chi connectivity index (χ1) is 13.0. The Bertz CT molecular complexity index is 940. The van der Waals surface area contributed by atoms with Crippen LogP contribution in [-0.2, 0) is 16.1 Å². The average Bonchev–Trinajstić information content (AvgIpc) is 3.32. The van der Waals surface area contributed by atoms with Crippen molar-refractivity contribution < 1.29 is 13.9 Å². The van der Waals surface area contributed by atoms with Gasteiger partial charge in [0.1, 0.15) is 12.1 Å². The molecule has 5 rings (SSSR count). The minimum absolute atomic E-state index is 0.0287. The minimum Gasteiger partial charge on any atom is -0.408 e. The molecule has 3 aliphatic heterocycles. The van der Waals surface area contributed by atoms with Crippen LogP contribution >= 0.6 is 11.6 Å². The van der Waals surface area contributed by atoms with Gasteiger partial charge >= 0.3 is 5.76 Å². The highest BCUT2D eigenvalue weighted by Crippen LogP contribution is 2.37. The van der Waals surface area contributed by atoms with Crippen molar-refractivity contribution in [3.63, 3.8) is 0 Å². The number of carbonyl (C=O) groups is 1. The Morgan fingerprint density at radius 2 is 2.04 bits per heavy atom. The van der Waals surface area contributed by atoms with E-state index < -0.39 is 5.76 Å². The van der Waals surface area contributed by atoms with Crippen molar-refractivity contribution in [1.82, 2.24) is 14.4 Å². The van der Waals surface area contributed by atoms with E-state index >= 15 is 0 Å². The summed E-state index contributed by atoms with van der Waals surface area (Å²) in [5.74, 6) is -0.629. The van der Waals surface area contributed by atoms with Crippen molar-refractivity contribution in [2.75, 3.05) is 32.8 Å². The number of rotatable bonds is 3. The van der Waals surface area contributed by atoms with Crippen LogP contribution in [0.5, 0.6) is 0 Å². The molecule has 3 aliphatic rings. The molecular formula is C19H22ClN3O4. The maximum atomic E-state index is 12.7. The van der Waals surface area contributed by atoms with Gasteiger partial charge < -0.3 is 14.1 Å². The standard InChI is InChI=1S/C19H22ClN3O4/c20-13-3-4-15-16(7-13)27-18(25)23(15)9-17(24)22-11-19(12-22)8-14(10-26-19)21-5-1-2-6-21/h3-4,7,14H,1-2,5-6,8-12H2. The highest BCUT2D eigenvalue weighted by Gasteiger charge is 2.52. The molecule has 7 nitrogen and oxygen atoms in total. The molecule has 0 bridgehead atoms.